The molecule has 6 heteroatoms. The van der Waals surface area contributed by atoms with Crippen molar-refractivity contribution in [2.24, 2.45) is 0 Å². The normalized spacial score (nSPS) is 23.2. The van der Waals surface area contributed by atoms with Crippen LogP contribution >= 0.6 is 0 Å². The van der Waals surface area contributed by atoms with Crippen molar-refractivity contribution >= 4 is 18.0 Å². The molecule has 1 atom stereocenters. The predicted octanol–water partition coefficient (Wildman–Crippen LogP) is 1.58. The van der Waals surface area contributed by atoms with Crippen LogP contribution in [0, 0.1) is 0 Å². The van der Waals surface area contributed by atoms with E-state index < -0.39 is 5.97 Å². The summed E-state index contributed by atoms with van der Waals surface area (Å²) in [5.74, 6) is -0.332. The minimum absolute atomic E-state index is 0.163. The predicted molar refractivity (Wildman–Crippen MR) is 75.6 cm³/mol. The number of hydrogen-bond donors (Lipinski definition) is 1. The standard InChI is InChI=1S/C14H19N3O3/c1-14(20-2)6-3-7-17(10-14)13-15-8-11(9-16-13)4-5-12(18)19/h4-5,8-9H,3,6-7,10H2,1-2H3,(H,18,19)/b5-4+. The van der Waals surface area contributed by atoms with Gasteiger partial charge in [-0.15, -0.1) is 0 Å². The van der Waals surface area contributed by atoms with Gasteiger partial charge < -0.3 is 14.7 Å². The Kier molecular flexibility index (Phi) is 4.34. The first-order valence-corrected chi connectivity index (χ1v) is 6.55. The number of nitrogens with zero attached hydrogens (tertiary/aromatic N) is 3. The molecule has 0 saturated carbocycles. The lowest BCUT2D eigenvalue weighted by atomic mass is 9.95. The molecule has 0 spiro atoms. The molecule has 0 aliphatic carbocycles. The SMILES string of the molecule is COC1(C)CCCN(c2ncc(/C=C/C(=O)O)cn2)C1. The van der Waals surface area contributed by atoms with Crippen molar-refractivity contribution in [3.63, 3.8) is 0 Å². The topological polar surface area (TPSA) is 75.5 Å². The molecule has 0 bridgehead atoms. The number of anilines is 1. The zero-order chi connectivity index (χ0) is 14.6. The van der Waals surface area contributed by atoms with Crippen LogP contribution in [0.1, 0.15) is 25.3 Å². The van der Waals surface area contributed by atoms with Crippen molar-refractivity contribution in [2.75, 3.05) is 25.1 Å². The first kappa shape index (κ1) is 14.5. The van der Waals surface area contributed by atoms with E-state index in [9.17, 15) is 4.79 Å². The molecule has 2 rings (SSSR count). The van der Waals surface area contributed by atoms with Gasteiger partial charge in [0, 0.05) is 44.2 Å². The molecule has 1 aliphatic rings. The number of carboxylic acid groups (broad SMARTS) is 1. The Bertz CT molecular complexity index is 501. The van der Waals surface area contributed by atoms with Crippen LogP contribution in [-0.2, 0) is 9.53 Å². The minimum Gasteiger partial charge on any atom is -0.478 e. The zero-order valence-corrected chi connectivity index (χ0v) is 11.7. The summed E-state index contributed by atoms with van der Waals surface area (Å²) < 4.78 is 5.55. The van der Waals surface area contributed by atoms with E-state index in [0.29, 0.717) is 11.5 Å². The highest BCUT2D eigenvalue weighted by atomic mass is 16.5. The van der Waals surface area contributed by atoms with E-state index in [4.69, 9.17) is 9.84 Å². The number of carboxylic acids is 1. The summed E-state index contributed by atoms with van der Waals surface area (Å²) in [5, 5.41) is 8.57. The maximum absolute atomic E-state index is 10.4. The summed E-state index contributed by atoms with van der Waals surface area (Å²) in [5.41, 5.74) is 0.506. The van der Waals surface area contributed by atoms with Gasteiger partial charge in [-0.05, 0) is 25.8 Å². The van der Waals surface area contributed by atoms with E-state index in [2.05, 4.69) is 21.8 Å². The summed E-state index contributed by atoms with van der Waals surface area (Å²) in [6, 6.07) is 0. The largest absolute Gasteiger partial charge is 0.478 e. The molecular formula is C14H19N3O3. The summed E-state index contributed by atoms with van der Waals surface area (Å²) in [7, 11) is 1.73. The number of rotatable bonds is 4. The molecule has 1 fully saturated rings. The number of aromatic nitrogens is 2. The van der Waals surface area contributed by atoms with E-state index >= 15 is 0 Å². The number of aliphatic carboxylic acids is 1. The molecule has 0 aromatic carbocycles. The highest BCUT2D eigenvalue weighted by Gasteiger charge is 2.31. The first-order valence-electron chi connectivity index (χ1n) is 6.55. The van der Waals surface area contributed by atoms with E-state index in [1.165, 1.54) is 6.08 Å². The Balaban J connectivity index is 2.08. The lowest BCUT2D eigenvalue weighted by Gasteiger charge is -2.39. The van der Waals surface area contributed by atoms with Crippen LogP contribution in [0.4, 0.5) is 5.95 Å². The van der Waals surface area contributed by atoms with Crippen LogP contribution in [0.25, 0.3) is 6.08 Å². The van der Waals surface area contributed by atoms with Crippen molar-refractivity contribution in [1.82, 2.24) is 9.97 Å². The van der Waals surface area contributed by atoms with Crippen molar-refractivity contribution in [3.05, 3.63) is 24.0 Å². The summed E-state index contributed by atoms with van der Waals surface area (Å²) in [6.07, 6.45) is 7.86. The lowest BCUT2D eigenvalue weighted by molar-refractivity contribution is -0.131. The first-order chi connectivity index (χ1) is 9.52. The third-order valence-electron chi connectivity index (χ3n) is 3.51. The molecule has 0 radical (unpaired) electrons. The molecule has 1 aromatic heterocycles. The van der Waals surface area contributed by atoms with Gasteiger partial charge in [-0.25, -0.2) is 14.8 Å². The number of hydrogen-bond acceptors (Lipinski definition) is 5. The molecule has 6 nitrogen and oxygen atoms in total. The number of methoxy groups -OCH3 is 1. The molecule has 0 amide bonds. The van der Waals surface area contributed by atoms with Gasteiger partial charge in [0.25, 0.3) is 0 Å². The molecule has 2 heterocycles. The second-order valence-corrected chi connectivity index (χ2v) is 5.17. The maximum Gasteiger partial charge on any atom is 0.328 e. The third kappa shape index (κ3) is 3.54. The highest BCUT2D eigenvalue weighted by molar-refractivity contribution is 5.85. The molecule has 1 unspecified atom stereocenters. The average molecular weight is 277 g/mol. The van der Waals surface area contributed by atoms with E-state index in [1.54, 1.807) is 19.5 Å². The van der Waals surface area contributed by atoms with Crippen LogP contribution in [0.15, 0.2) is 18.5 Å². The fourth-order valence-corrected chi connectivity index (χ4v) is 2.29. The van der Waals surface area contributed by atoms with Crippen molar-refractivity contribution in [2.45, 2.75) is 25.4 Å². The van der Waals surface area contributed by atoms with Crippen LogP contribution < -0.4 is 4.90 Å². The van der Waals surface area contributed by atoms with E-state index in [-0.39, 0.29) is 5.60 Å². The molecule has 1 saturated heterocycles. The van der Waals surface area contributed by atoms with Crippen LogP contribution in [0.3, 0.4) is 0 Å². The number of piperidine rings is 1. The second kappa shape index (κ2) is 6.00. The van der Waals surface area contributed by atoms with Gasteiger partial charge in [0.05, 0.1) is 5.60 Å². The Morgan fingerprint density at radius 2 is 2.20 bits per heavy atom. The molecule has 1 aliphatic heterocycles. The highest BCUT2D eigenvalue weighted by Crippen LogP contribution is 2.26. The minimum atomic E-state index is -0.985. The average Bonchev–Trinajstić information content (AvgIpc) is 2.46. The maximum atomic E-state index is 10.4. The van der Waals surface area contributed by atoms with Gasteiger partial charge in [-0.1, -0.05) is 0 Å². The Hall–Kier alpha value is -1.95. The summed E-state index contributed by atoms with van der Waals surface area (Å²) in [6.45, 7) is 3.75. The van der Waals surface area contributed by atoms with Gasteiger partial charge in [-0.3, -0.25) is 0 Å². The van der Waals surface area contributed by atoms with Crippen LogP contribution in [0.2, 0.25) is 0 Å². The molecular weight excluding hydrogens is 258 g/mol. The van der Waals surface area contributed by atoms with Gasteiger partial charge in [0.2, 0.25) is 5.95 Å². The van der Waals surface area contributed by atoms with Crippen molar-refractivity contribution < 1.29 is 14.6 Å². The quantitative estimate of drug-likeness (QED) is 0.842. The molecule has 108 valence electrons. The molecule has 20 heavy (non-hydrogen) atoms. The number of carbonyl (C=O) groups is 1. The van der Waals surface area contributed by atoms with Gasteiger partial charge in [0.15, 0.2) is 0 Å². The van der Waals surface area contributed by atoms with E-state index in [0.717, 1.165) is 32.0 Å². The van der Waals surface area contributed by atoms with Crippen molar-refractivity contribution in [1.29, 1.82) is 0 Å². The third-order valence-corrected chi connectivity index (χ3v) is 3.51. The molecule has 1 N–H and O–H groups in total. The summed E-state index contributed by atoms with van der Waals surface area (Å²) >= 11 is 0. The van der Waals surface area contributed by atoms with Crippen LogP contribution in [-0.4, -0.2) is 46.8 Å². The van der Waals surface area contributed by atoms with Crippen LogP contribution in [0.5, 0.6) is 0 Å². The van der Waals surface area contributed by atoms with Gasteiger partial charge in [-0.2, -0.15) is 0 Å². The molecule has 1 aromatic rings. The monoisotopic (exact) mass is 277 g/mol. The number of ether oxygens (including phenoxy) is 1. The fraction of sp³-hybridized carbons (Fsp3) is 0.500. The second-order valence-electron chi connectivity index (χ2n) is 5.17. The lowest BCUT2D eigenvalue weighted by Crippen LogP contribution is -2.48. The smallest absolute Gasteiger partial charge is 0.328 e. The van der Waals surface area contributed by atoms with Gasteiger partial charge in [0.1, 0.15) is 0 Å². The Labute approximate surface area is 118 Å². The fourth-order valence-electron chi connectivity index (χ4n) is 2.29. The Morgan fingerprint density at radius 1 is 1.50 bits per heavy atom. The van der Waals surface area contributed by atoms with E-state index in [1.807, 2.05) is 0 Å². The Morgan fingerprint density at radius 3 is 2.80 bits per heavy atom. The zero-order valence-electron chi connectivity index (χ0n) is 11.7. The van der Waals surface area contributed by atoms with Gasteiger partial charge >= 0.3 is 5.97 Å². The van der Waals surface area contributed by atoms with Crippen molar-refractivity contribution in [3.8, 4) is 0 Å². The summed E-state index contributed by atoms with van der Waals surface area (Å²) in [4.78, 5) is 21.1.